The van der Waals surface area contributed by atoms with Gasteiger partial charge in [-0.25, -0.2) is 0 Å². The molecule has 1 aromatic rings. The Hall–Kier alpha value is -0.610. The molecule has 0 spiro atoms. The average Bonchev–Trinajstić information content (AvgIpc) is 3.03. The van der Waals surface area contributed by atoms with Gasteiger partial charge in [-0.1, -0.05) is 44.0 Å². The summed E-state index contributed by atoms with van der Waals surface area (Å²) in [6, 6.07) is 9.38. The first-order valence-electron chi connectivity index (χ1n) is 8.87. The highest BCUT2D eigenvalue weighted by Crippen LogP contribution is 2.31. The lowest BCUT2D eigenvalue weighted by Gasteiger charge is -2.35. The molecule has 1 aromatic carbocycles. The Bertz CT molecular complexity index is 497. The number of morpholine rings is 1. The van der Waals surface area contributed by atoms with E-state index < -0.39 is 0 Å². The molecule has 1 saturated carbocycles. The second-order valence-electron chi connectivity index (χ2n) is 7.61. The van der Waals surface area contributed by atoms with Crippen LogP contribution in [-0.4, -0.2) is 38.4 Å². The van der Waals surface area contributed by atoms with Crippen molar-refractivity contribution in [1.29, 1.82) is 0 Å². The van der Waals surface area contributed by atoms with Gasteiger partial charge in [-0.3, -0.25) is 0 Å². The van der Waals surface area contributed by atoms with Crippen LogP contribution in [0.4, 0.5) is 0 Å². The molecule has 2 N–H and O–H groups in total. The van der Waals surface area contributed by atoms with E-state index in [9.17, 15) is 0 Å². The molecule has 1 saturated heterocycles. The van der Waals surface area contributed by atoms with E-state index >= 15 is 0 Å². The predicted octanol–water partition coefficient (Wildman–Crippen LogP) is 3.36. The lowest BCUT2D eigenvalue weighted by molar-refractivity contribution is 0.0522. The van der Waals surface area contributed by atoms with E-state index in [1.807, 2.05) is 12.1 Å². The number of halogens is 1. The van der Waals surface area contributed by atoms with Crippen LogP contribution in [0, 0.1) is 5.92 Å². The molecule has 3 nitrogen and oxygen atoms in total. The molecular formula is C19H29ClN2O. The van der Waals surface area contributed by atoms with Crippen LogP contribution in [0.3, 0.4) is 0 Å². The van der Waals surface area contributed by atoms with Crippen LogP contribution in [0.25, 0.3) is 0 Å². The molecule has 0 amide bonds. The minimum atomic E-state index is 0.105. The third kappa shape index (κ3) is 4.27. The molecule has 0 radical (unpaired) electrons. The van der Waals surface area contributed by atoms with Crippen LogP contribution in [0.15, 0.2) is 24.3 Å². The maximum atomic E-state index is 6.01. The van der Waals surface area contributed by atoms with Crippen molar-refractivity contribution in [3.05, 3.63) is 34.9 Å². The first-order chi connectivity index (χ1) is 11.1. The highest BCUT2D eigenvalue weighted by atomic mass is 35.5. The fraction of sp³-hybridized carbons (Fsp3) is 0.684. The van der Waals surface area contributed by atoms with Crippen LogP contribution in [-0.2, 0) is 10.2 Å². The number of benzene rings is 1. The minimum Gasteiger partial charge on any atom is -0.379 e. The van der Waals surface area contributed by atoms with E-state index in [0.717, 1.165) is 31.3 Å². The molecule has 128 valence electrons. The van der Waals surface area contributed by atoms with Crippen molar-refractivity contribution in [2.24, 2.45) is 5.92 Å². The molecule has 1 aliphatic heterocycles. The number of hydrogen-bond acceptors (Lipinski definition) is 3. The van der Waals surface area contributed by atoms with Crippen LogP contribution in [0.2, 0.25) is 5.02 Å². The van der Waals surface area contributed by atoms with Crippen molar-refractivity contribution < 1.29 is 4.74 Å². The van der Waals surface area contributed by atoms with Crippen LogP contribution >= 0.6 is 11.6 Å². The summed E-state index contributed by atoms with van der Waals surface area (Å²) in [5.74, 6) is 0.691. The Morgan fingerprint density at radius 1 is 1.26 bits per heavy atom. The van der Waals surface area contributed by atoms with Gasteiger partial charge in [0, 0.05) is 35.6 Å². The zero-order chi connectivity index (χ0) is 16.3. The minimum absolute atomic E-state index is 0.105. The standard InChI is InChI=1S/C19H29ClN2O/c1-19(2,14-6-8-15(20)9-7-14)13-22-17-5-3-4-16(17)18-12-23-11-10-21-18/h6-9,16-18,21-22H,3-5,10-13H2,1-2H3. The SMILES string of the molecule is CC(C)(CNC1CCCC1C1COCCN1)c1ccc(Cl)cc1. The van der Waals surface area contributed by atoms with Gasteiger partial charge in [-0.2, -0.15) is 0 Å². The summed E-state index contributed by atoms with van der Waals surface area (Å²) in [6.07, 6.45) is 3.90. The highest BCUT2D eigenvalue weighted by Gasteiger charge is 2.35. The summed E-state index contributed by atoms with van der Waals surface area (Å²) in [5.41, 5.74) is 1.44. The first kappa shape index (κ1) is 17.2. The molecule has 1 heterocycles. The maximum absolute atomic E-state index is 6.01. The lowest BCUT2D eigenvalue weighted by Crippen LogP contribution is -2.52. The van der Waals surface area contributed by atoms with E-state index in [4.69, 9.17) is 16.3 Å². The molecule has 1 aliphatic carbocycles. The number of nitrogens with one attached hydrogen (secondary N) is 2. The summed E-state index contributed by atoms with van der Waals surface area (Å²) < 4.78 is 5.67. The molecular weight excluding hydrogens is 308 g/mol. The second-order valence-corrected chi connectivity index (χ2v) is 8.04. The second kappa shape index (κ2) is 7.52. The third-order valence-electron chi connectivity index (χ3n) is 5.47. The van der Waals surface area contributed by atoms with Gasteiger partial charge >= 0.3 is 0 Å². The van der Waals surface area contributed by atoms with Gasteiger partial charge in [0.2, 0.25) is 0 Å². The monoisotopic (exact) mass is 336 g/mol. The molecule has 0 aromatic heterocycles. The van der Waals surface area contributed by atoms with E-state index in [2.05, 4.69) is 36.6 Å². The molecule has 23 heavy (non-hydrogen) atoms. The highest BCUT2D eigenvalue weighted by molar-refractivity contribution is 6.30. The maximum Gasteiger partial charge on any atom is 0.0623 e. The van der Waals surface area contributed by atoms with Gasteiger partial charge in [-0.15, -0.1) is 0 Å². The van der Waals surface area contributed by atoms with Crippen molar-refractivity contribution in [1.82, 2.24) is 10.6 Å². The Morgan fingerprint density at radius 2 is 2.04 bits per heavy atom. The Labute approximate surface area is 145 Å². The van der Waals surface area contributed by atoms with Gasteiger partial charge < -0.3 is 15.4 Å². The quantitative estimate of drug-likeness (QED) is 0.865. The molecule has 0 bridgehead atoms. The first-order valence-corrected chi connectivity index (χ1v) is 9.25. The summed E-state index contributed by atoms with van der Waals surface area (Å²) >= 11 is 6.01. The summed E-state index contributed by atoms with van der Waals surface area (Å²) in [4.78, 5) is 0. The van der Waals surface area contributed by atoms with Crippen LogP contribution in [0.5, 0.6) is 0 Å². The molecule has 2 fully saturated rings. The molecule has 2 aliphatic rings. The van der Waals surface area contributed by atoms with Gasteiger partial charge in [0.25, 0.3) is 0 Å². The fourth-order valence-corrected chi connectivity index (χ4v) is 4.10. The van der Waals surface area contributed by atoms with Crippen molar-refractivity contribution in [3.63, 3.8) is 0 Å². The van der Waals surface area contributed by atoms with Gasteiger partial charge in [0.1, 0.15) is 0 Å². The molecule has 4 heteroatoms. The number of ether oxygens (including phenoxy) is 1. The average molecular weight is 337 g/mol. The van der Waals surface area contributed by atoms with E-state index in [0.29, 0.717) is 18.0 Å². The van der Waals surface area contributed by atoms with Crippen molar-refractivity contribution in [3.8, 4) is 0 Å². The van der Waals surface area contributed by atoms with Crippen molar-refractivity contribution in [2.45, 2.75) is 50.6 Å². The Balaban J connectivity index is 1.58. The van der Waals surface area contributed by atoms with Crippen molar-refractivity contribution in [2.75, 3.05) is 26.3 Å². The lowest BCUT2D eigenvalue weighted by atomic mass is 9.84. The largest absolute Gasteiger partial charge is 0.379 e. The number of hydrogen-bond donors (Lipinski definition) is 2. The van der Waals surface area contributed by atoms with Gasteiger partial charge in [0.15, 0.2) is 0 Å². The van der Waals surface area contributed by atoms with E-state index in [1.54, 1.807) is 0 Å². The van der Waals surface area contributed by atoms with E-state index in [1.165, 1.54) is 24.8 Å². The van der Waals surface area contributed by atoms with Crippen LogP contribution in [0.1, 0.15) is 38.7 Å². The predicted molar refractivity (Wildman–Crippen MR) is 96.2 cm³/mol. The normalized spacial score (nSPS) is 28.9. The fourth-order valence-electron chi connectivity index (χ4n) is 3.97. The smallest absolute Gasteiger partial charge is 0.0623 e. The Morgan fingerprint density at radius 3 is 2.74 bits per heavy atom. The topological polar surface area (TPSA) is 33.3 Å². The third-order valence-corrected chi connectivity index (χ3v) is 5.72. The number of rotatable bonds is 5. The van der Waals surface area contributed by atoms with Gasteiger partial charge in [-0.05, 0) is 36.5 Å². The summed E-state index contributed by atoms with van der Waals surface area (Å²) in [5, 5.41) is 8.30. The summed E-state index contributed by atoms with van der Waals surface area (Å²) in [7, 11) is 0. The van der Waals surface area contributed by atoms with Crippen LogP contribution < -0.4 is 10.6 Å². The van der Waals surface area contributed by atoms with Crippen molar-refractivity contribution >= 4 is 11.6 Å². The summed E-state index contributed by atoms with van der Waals surface area (Å²) in [6.45, 7) is 8.30. The van der Waals surface area contributed by atoms with Gasteiger partial charge in [0.05, 0.1) is 13.2 Å². The molecule has 3 atom stereocenters. The zero-order valence-electron chi connectivity index (χ0n) is 14.3. The van der Waals surface area contributed by atoms with E-state index in [-0.39, 0.29) is 5.41 Å². The zero-order valence-corrected chi connectivity index (χ0v) is 15.0. The Kier molecular flexibility index (Phi) is 5.63. The molecule has 3 unspecified atom stereocenters. The molecule has 3 rings (SSSR count).